The van der Waals surface area contributed by atoms with Gasteiger partial charge in [0.1, 0.15) is 5.82 Å². The van der Waals surface area contributed by atoms with Crippen molar-refractivity contribution >= 4 is 17.7 Å². The van der Waals surface area contributed by atoms with E-state index in [1.165, 1.54) is 0 Å². The molecule has 28 heavy (non-hydrogen) atoms. The Labute approximate surface area is 167 Å². The molecule has 3 heterocycles. The number of aromatic nitrogens is 2. The van der Waals surface area contributed by atoms with Crippen LogP contribution in [0.15, 0.2) is 36.4 Å². The van der Waals surface area contributed by atoms with Gasteiger partial charge >= 0.3 is 0 Å². The molecule has 1 aromatic heterocycles. The summed E-state index contributed by atoms with van der Waals surface area (Å²) in [6.07, 6.45) is 3.68. The summed E-state index contributed by atoms with van der Waals surface area (Å²) in [5.74, 6) is 1.89. The van der Waals surface area contributed by atoms with Gasteiger partial charge in [-0.05, 0) is 31.2 Å². The maximum absolute atomic E-state index is 12.7. The zero-order valence-electron chi connectivity index (χ0n) is 17.0. The van der Waals surface area contributed by atoms with E-state index in [0.717, 1.165) is 61.8 Å². The number of benzene rings is 1. The second kappa shape index (κ2) is 7.41. The van der Waals surface area contributed by atoms with E-state index in [2.05, 4.69) is 40.3 Å². The van der Waals surface area contributed by atoms with Crippen LogP contribution in [0.2, 0.25) is 0 Å². The fourth-order valence-electron chi connectivity index (χ4n) is 4.34. The highest BCUT2D eigenvalue weighted by atomic mass is 16.2. The molecule has 1 aromatic carbocycles. The van der Waals surface area contributed by atoms with Crippen molar-refractivity contribution < 1.29 is 4.79 Å². The molecule has 0 saturated carbocycles. The van der Waals surface area contributed by atoms with Gasteiger partial charge in [0.2, 0.25) is 11.9 Å². The molecule has 6 heteroatoms. The first kappa shape index (κ1) is 18.7. The third-order valence-corrected chi connectivity index (χ3v) is 6.06. The number of aryl methyl sites for hydroxylation is 1. The Hall–Kier alpha value is -2.63. The number of nitrogens with one attached hydrogen (secondary N) is 1. The molecule has 2 aliphatic heterocycles. The van der Waals surface area contributed by atoms with Gasteiger partial charge in [0, 0.05) is 44.5 Å². The Balaban J connectivity index is 1.48. The molecule has 0 bridgehead atoms. The van der Waals surface area contributed by atoms with E-state index in [4.69, 9.17) is 4.98 Å². The first-order chi connectivity index (χ1) is 13.5. The SMILES string of the molecule is CCc1cc(N2CCC3(CC2)CC(c2ccccc2)C(=O)N3)nc(N(C)C)n1. The van der Waals surface area contributed by atoms with Crippen molar-refractivity contribution in [3.63, 3.8) is 0 Å². The average molecular weight is 380 g/mol. The Bertz CT molecular complexity index is 843. The molecule has 4 rings (SSSR count). The summed E-state index contributed by atoms with van der Waals surface area (Å²) in [7, 11) is 3.95. The zero-order valence-corrected chi connectivity index (χ0v) is 17.0. The van der Waals surface area contributed by atoms with E-state index in [-0.39, 0.29) is 17.4 Å². The molecular weight excluding hydrogens is 350 g/mol. The molecule has 1 unspecified atom stereocenters. The Morgan fingerprint density at radius 3 is 2.54 bits per heavy atom. The molecule has 2 aliphatic rings. The minimum Gasteiger partial charge on any atom is -0.356 e. The average Bonchev–Trinajstić information content (AvgIpc) is 3.04. The lowest BCUT2D eigenvalue weighted by molar-refractivity contribution is -0.121. The molecule has 2 saturated heterocycles. The number of amides is 1. The predicted octanol–water partition coefficient (Wildman–Crippen LogP) is 2.75. The molecule has 1 atom stereocenters. The number of piperidine rings is 1. The second-order valence-electron chi connectivity index (χ2n) is 8.19. The molecule has 0 radical (unpaired) electrons. The Kier molecular flexibility index (Phi) is 4.96. The van der Waals surface area contributed by atoms with Gasteiger partial charge in [-0.3, -0.25) is 4.79 Å². The fraction of sp³-hybridized carbons (Fsp3) is 0.500. The summed E-state index contributed by atoms with van der Waals surface area (Å²) >= 11 is 0. The Morgan fingerprint density at radius 1 is 1.18 bits per heavy atom. The summed E-state index contributed by atoms with van der Waals surface area (Å²) in [5, 5.41) is 3.34. The smallest absolute Gasteiger partial charge is 0.228 e. The van der Waals surface area contributed by atoms with Crippen LogP contribution in [0.25, 0.3) is 0 Å². The van der Waals surface area contributed by atoms with Gasteiger partial charge in [-0.25, -0.2) is 4.98 Å². The third kappa shape index (κ3) is 3.55. The van der Waals surface area contributed by atoms with E-state index in [0.29, 0.717) is 0 Å². The molecule has 148 valence electrons. The van der Waals surface area contributed by atoms with Crippen LogP contribution in [0.1, 0.15) is 43.4 Å². The van der Waals surface area contributed by atoms with Crippen molar-refractivity contribution in [2.75, 3.05) is 37.0 Å². The summed E-state index contributed by atoms with van der Waals surface area (Å²) in [5.41, 5.74) is 2.10. The van der Waals surface area contributed by atoms with Gasteiger partial charge in [-0.1, -0.05) is 37.3 Å². The van der Waals surface area contributed by atoms with Gasteiger partial charge in [0.05, 0.1) is 5.92 Å². The van der Waals surface area contributed by atoms with E-state index in [1.54, 1.807) is 0 Å². The normalized spacial score (nSPS) is 21.0. The predicted molar refractivity (Wildman–Crippen MR) is 112 cm³/mol. The van der Waals surface area contributed by atoms with Gasteiger partial charge in [-0.2, -0.15) is 4.98 Å². The molecule has 2 aromatic rings. The van der Waals surface area contributed by atoms with Crippen LogP contribution in [0, 0.1) is 0 Å². The minimum atomic E-state index is -0.0842. The van der Waals surface area contributed by atoms with Gasteiger partial charge in [0.25, 0.3) is 0 Å². The maximum atomic E-state index is 12.7. The van der Waals surface area contributed by atoms with Crippen molar-refractivity contribution in [3.8, 4) is 0 Å². The number of anilines is 2. The lowest BCUT2D eigenvalue weighted by atomic mass is 9.82. The minimum absolute atomic E-state index is 0.0289. The standard InChI is InChI=1S/C22H29N5O/c1-4-17-14-19(24-21(23-17)26(2)3)27-12-10-22(11-13-27)15-18(20(28)25-22)16-8-6-5-7-9-16/h5-9,14,18H,4,10-13,15H2,1-3H3,(H,25,28). The third-order valence-electron chi connectivity index (χ3n) is 6.06. The first-order valence-corrected chi connectivity index (χ1v) is 10.2. The highest BCUT2D eigenvalue weighted by Crippen LogP contribution is 2.39. The van der Waals surface area contributed by atoms with E-state index in [9.17, 15) is 4.79 Å². The van der Waals surface area contributed by atoms with Crippen LogP contribution in [0.4, 0.5) is 11.8 Å². The van der Waals surface area contributed by atoms with Gasteiger partial charge < -0.3 is 15.1 Å². The lowest BCUT2D eigenvalue weighted by Gasteiger charge is -2.40. The van der Waals surface area contributed by atoms with Crippen molar-refractivity contribution in [3.05, 3.63) is 47.7 Å². The number of carbonyl (C=O) groups excluding carboxylic acids is 1. The van der Waals surface area contributed by atoms with Gasteiger partial charge in [0.15, 0.2) is 0 Å². The van der Waals surface area contributed by atoms with Crippen LogP contribution < -0.4 is 15.1 Å². The van der Waals surface area contributed by atoms with Crippen molar-refractivity contribution in [2.45, 2.75) is 44.1 Å². The molecule has 1 N–H and O–H groups in total. The van der Waals surface area contributed by atoms with Gasteiger partial charge in [-0.15, -0.1) is 0 Å². The van der Waals surface area contributed by atoms with Crippen molar-refractivity contribution in [1.29, 1.82) is 0 Å². The molecule has 1 spiro atoms. The topological polar surface area (TPSA) is 61.4 Å². The quantitative estimate of drug-likeness (QED) is 0.885. The molecule has 0 aliphatic carbocycles. The number of rotatable bonds is 4. The molecule has 6 nitrogen and oxygen atoms in total. The Morgan fingerprint density at radius 2 is 1.89 bits per heavy atom. The summed E-state index contributed by atoms with van der Waals surface area (Å²) in [4.78, 5) is 26.3. The van der Waals surface area contributed by atoms with E-state index in [1.807, 2.05) is 37.2 Å². The summed E-state index contributed by atoms with van der Waals surface area (Å²) in [6, 6.07) is 12.3. The first-order valence-electron chi connectivity index (χ1n) is 10.2. The molecular formula is C22H29N5O. The highest BCUT2D eigenvalue weighted by Gasteiger charge is 2.46. The number of hydrogen-bond donors (Lipinski definition) is 1. The van der Waals surface area contributed by atoms with Crippen molar-refractivity contribution in [2.24, 2.45) is 0 Å². The van der Waals surface area contributed by atoms with Crippen LogP contribution in [-0.2, 0) is 11.2 Å². The molecule has 1 amide bonds. The monoisotopic (exact) mass is 379 g/mol. The van der Waals surface area contributed by atoms with Crippen LogP contribution in [0.5, 0.6) is 0 Å². The van der Waals surface area contributed by atoms with Crippen LogP contribution in [-0.4, -0.2) is 48.6 Å². The highest BCUT2D eigenvalue weighted by molar-refractivity contribution is 5.87. The van der Waals surface area contributed by atoms with Crippen molar-refractivity contribution in [1.82, 2.24) is 15.3 Å². The number of carbonyl (C=O) groups is 1. The maximum Gasteiger partial charge on any atom is 0.228 e. The zero-order chi connectivity index (χ0) is 19.7. The van der Waals surface area contributed by atoms with Crippen LogP contribution >= 0.6 is 0 Å². The van der Waals surface area contributed by atoms with E-state index >= 15 is 0 Å². The molecule has 2 fully saturated rings. The summed E-state index contributed by atoms with van der Waals surface area (Å²) in [6.45, 7) is 3.91. The van der Waals surface area contributed by atoms with Crippen LogP contribution in [0.3, 0.4) is 0 Å². The number of nitrogens with zero attached hydrogens (tertiary/aromatic N) is 4. The fourth-order valence-corrected chi connectivity index (χ4v) is 4.34. The largest absolute Gasteiger partial charge is 0.356 e. The summed E-state index contributed by atoms with van der Waals surface area (Å²) < 4.78 is 0. The van der Waals surface area contributed by atoms with E-state index < -0.39 is 0 Å². The number of hydrogen-bond acceptors (Lipinski definition) is 5. The second-order valence-corrected chi connectivity index (χ2v) is 8.19. The lowest BCUT2D eigenvalue weighted by Crippen LogP contribution is -2.51.